The third-order valence-electron chi connectivity index (χ3n) is 5.48. The van der Waals surface area contributed by atoms with E-state index in [1.54, 1.807) is 19.2 Å². The molecule has 140 valence electrons. The molecule has 0 atom stereocenters. The Hall–Kier alpha value is -2.79. The van der Waals surface area contributed by atoms with Gasteiger partial charge in [0.1, 0.15) is 5.75 Å². The van der Waals surface area contributed by atoms with Crippen molar-refractivity contribution in [2.75, 3.05) is 32.6 Å². The molecule has 1 fully saturated rings. The number of carbonyl (C=O) groups is 1. The Morgan fingerprint density at radius 3 is 2.74 bits per heavy atom. The lowest BCUT2D eigenvalue weighted by molar-refractivity contribution is 0.102. The van der Waals surface area contributed by atoms with Gasteiger partial charge < -0.3 is 19.9 Å². The van der Waals surface area contributed by atoms with Crippen molar-refractivity contribution in [3.63, 3.8) is 0 Å². The molecular weight excluding hydrogens is 338 g/mol. The number of carbonyl (C=O) groups excluding carboxylic acids is 1. The Morgan fingerprint density at radius 2 is 1.96 bits per heavy atom. The predicted molar refractivity (Wildman–Crippen MR) is 109 cm³/mol. The molecule has 2 aromatic carbocycles. The van der Waals surface area contributed by atoms with Crippen molar-refractivity contribution >= 4 is 22.5 Å². The number of anilines is 1. The van der Waals surface area contributed by atoms with Crippen molar-refractivity contribution in [1.29, 1.82) is 0 Å². The van der Waals surface area contributed by atoms with Crippen molar-refractivity contribution in [1.82, 2.24) is 9.88 Å². The molecule has 5 heteroatoms. The van der Waals surface area contributed by atoms with Crippen LogP contribution < -0.4 is 10.1 Å². The first-order chi connectivity index (χ1) is 13.2. The number of benzene rings is 2. The number of piperidine rings is 1. The Kier molecular flexibility index (Phi) is 4.86. The highest BCUT2D eigenvalue weighted by atomic mass is 16.5. The summed E-state index contributed by atoms with van der Waals surface area (Å²) in [4.78, 5) is 18.4. The summed E-state index contributed by atoms with van der Waals surface area (Å²) in [6.45, 7) is 2.25. The second kappa shape index (κ2) is 7.45. The summed E-state index contributed by atoms with van der Waals surface area (Å²) in [5, 5.41) is 4.21. The molecule has 1 aliphatic rings. The number of likely N-dealkylation sites (tertiary alicyclic amines) is 1. The van der Waals surface area contributed by atoms with Gasteiger partial charge in [0.15, 0.2) is 0 Å². The van der Waals surface area contributed by atoms with Gasteiger partial charge in [-0.05, 0) is 74.8 Å². The molecule has 1 saturated heterocycles. The van der Waals surface area contributed by atoms with E-state index >= 15 is 0 Å². The maximum atomic E-state index is 12.7. The number of methoxy groups -OCH3 is 1. The highest BCUT2D eigenvalue weighted by Crippen LogP contribution is 2.34. The van der Waals surface area contributed by atoms with Crippen molar-refractivity contribution in [2.45, 2.75) is 18.8 Å². The third-order valence-corrected chi connectivity index (χ3v) is 5.48. The normalized spacial score (nSPS) is 15.8. The molecule has 0 spiro atoms. The quantitative estimate of drug-likeness (QED) is 0.729. The molecule has 27 heavy (non-hydrogen) atoms. The van der Waals surface area contributed by atoms with Crippen LogP contribution in [-0.2, 0) is 0 Å². The number of nitrogens with one attached hydrogen (secondary N) is 2. The molecule has 3 aromatic rings. The van der Waals surface area contributed by atoms with Gasteiger partial charge in [0, 0.05) is 22.8 Å². The predicted octanol–water partition coefficient (Wildman–Crippen LogP) is 4.24. The van der Waals surface area contributed by atoms with E-state index in [1.807, 2.05) is 24.3 Å². The minimum Gasteiger partial charge on any atom is -0.496 e. The van der Waals surface area contributed by atoms with Crippen LogP contribution >= 0.6 is 0 Å². The minimum absolute atomic E-state index is 0.164. The molecule has 0 bridgehead atoms. The van der Waals surface area contributed by atoms with Gasteiger partial charge in [-0.3, -0.25) is 4.79 Å². The average Bonchev–Trinajstić information content (AvgIpc) is 3.11. The van der Waals surface area contributed by atoms with Gasteiger partial charge in [-0.15, -0.1) is 0 Å². The number of aromatic nitrogens is 1. The van der Waals surface area contributed by atoms with Crippen LogP contribution in [0.3, 0.4) is 0 Å². The number of amides is 1. The fourth-order valence-electron chi connectivity index (χ4n) is 3.91. The molecule has 0 radical (unpaired) electrons. The summed E-state index contributed by atoms with van der Waals surface area (Å²) in [6.07, 6.45) is 4.47. The average molecular weight is 363 g/mol. The number of fused-ring (bicyclic) bond motifs is 1. The van der Waals surface area contributed by atoms with Crippen LogP contribution in [0.4, 0.5) is 5.69 Å². The lowest BCUT2D eigenvalue weighted by atomic mass is 9.89. The summed E-state index contributed by atoms with van der Waals surface area (Å²) >= 11 is 0. The molecule has 1 aliphatic heterocycles. The van der Waals surface area contributed by atoms with Crippen LogP contribution in [0.1, 0.15) is 34.7 Å². The van der Waals surface area contributed by atoms with Crippen molar-refractivity contribution in [2.24, 2.45) is 0 Å². The zero-order valence-electron chi connectivity index (χ0n) is 15.8. The second-order valence-corrected chi connectivity index (χ2v) is 7.24. The fourth-order valence-corrected chi connectivity index (χ4v) is 3.91. The Labute approximate surface area is 159 Å². The van der Waals surface area contributed by atoms with E-state index in [0.29, 0.717) is 17.2 Å². The van der Waals surface area contributed by atoms with Crippen LogP contribution in [-0.4, -0.2) is 43.0 Å². The summed E-state index contributed by atoms with van der Waals surface area (Å²) in [5.41, 5.74) is 3.79. The third kappa shape index (κ3) is 3.55. The van der Waals surface area contributed by atoms with Gasteiger partial charge in [-0.1, -0.05) is 12.1 Å². The summed E-state index contributed by atoms with van der Waals surface area (Å²) in [6, 6.07) is 13.3. The van der Waals surface area contributed by atoms with Gasteiger partial charge >= 0.3 is 0 Å². The van der Waals surface area contributed by atoms with Crippen molar-refractivity contribution in [3.05, 3.63) is 59.8 Å². The van der Waals surface area contributed by atoms with E-state index in [2.05, 4.69) is 34.5 Å². The molecule has 1 amide bonds. The zero-order chi connectivity index (χ0) is 18.8. The lowest BCUT2D eigenvalue weighted by Gasteiger charge is -2.28. The molecule has 0 saturated carbocycles. The first kappa shape index (κ1) is 17.6. The molecule has 0 aliphatic carbocycles. The van der Waals surface area contributed by atoms with Crippen LogP contribution in [0.25, 0.3) is 10.9 Å². The van der Waals surface area contributed by atoms with Crippen molar-refractivity contribution in [3.8, 4) is 5.75 Å². The van der Waals surface area contributed by atoms with Crippen molar-refractivity contribution < 1.29 is 9.53 Å². The topological polar surface area (TPSA) is 57.4 Å². The SMILES string of the molecule is COc1ccccc1C(=O)Nc1ccc2[nH]cc(C3CCN(C)CC3)c2c1. The summed E-state index contributed by atoms with van der Waals surface area (Å²) in [5.74, 6) is 0.975. The summed E-state index contributed by atoms with van der Waals surface area (Å²) < 4.78 is 5.30. The second-order valence-electron chi connectivity index (χ2n) is 7.24. The standard InChI is InChI=1S/C22H25N3O2/c1-25-11-9-15(10-12-25)19-14-23-20-8-7-16(13-18(19)20)24-22(26)17-5-3-4-6-21(17)27-2/h3-8,13-15,23H,9-12H2,1-2H3,(H,24,26). The van der Waals surface area contributed by atoms with Crippen LogP contribution in [0.15, 0.2) is 48.7 Å². The van der Waals surface area contributed by atoms with Gasteiger partial charge in [0.05, 0.1) is 12.7 Å². The van der Waals surface area contributed by atoms with E-state index in [1.165, 1.54) is 23.8 Å². The van der Waals surface area contributed by atoms with Crippen LogP contribution in [0, 0.1) is 0 Å². The van der Waals surface area contributed by atoms with Crippen LogP contribution in [0.2, 0.25) is 0 Å². The minimum atomic E-state index is -0.164. The molecular formula is C22H25N3O2. The zero-order valence-corrected chi connectivity index (χ0v) is 15.8. The number of nitrogens with zero attached hydrogens (tertiary/aromatic N) is 1. The molecule has 0 unspecified atom stereocenters. The smallest absolute Gasteiger partial charge is 0.259 e. The lowest BCUT2D eigenvalue weighted by Crippen LogP contribution is -2.29. The molecule has 1 aromatic heterocycles. The highest BCUT2D eigenvalue weighted by molar-refractivity contribution is 6.07. The van der Waals surface area contributed by atoms with Crippen LogP contribution in [0.5, 0.6) is 5.75 Å². The Morgan fingerprint density at radius 1 is 1.19 bits per heavy atom. The number of hydrogen-bond acceptors (Lipinski definition) is 3. The number of aromatic amines is 1. The maximum absolute atomic E-state index is 12.7. The van der Waals surface area contributed by atoms with E-state index in [-0.39, 0.29) is 5.91 Å². The Bertz CT molecular complexity index is 955. The molecule has 5 nitrogen and oxygen atoms in total. The fraction of sp³-hybridized carbons (Fsp3) is 0.318. The summed E-state index contributed by atoms with van der Waals surface area (Å²) in [7, 11) is 3.75. The first-order valence-electron chi connectivity index (χ1n) is 9.39. The van der Waals surface area contributed by atoms with E-state index in [4.69, 9.17) is 4.74 Å². The highest BCUT2D eigenvalue weighted by Gasteiger charge is 2.21. The van der Waals surface area contributed by atoms with Gasteiger partial charge in [0.2, 0.25) is 0 Å². The first-order valence-corrected chi connectivity index (χ1v) is 9.39. The van der Waals surface area contributed by atoms with E-state index in [9.17, 15) is 4.79 Å². The molecule has 2 heterocycles. The van der Waals surface area contributed by atoms with Gasteiger partial charge in [0.25, 0.3) is 5.91 Å². The van der Waals surface area contributed by atoms with E-state index < -0.39 is 0 Å². The monoisotopic (exact) mass is 363 g/mol. The number of hydrogen-bond donors (Lipinski definition) is 2. The Balaban J connectivity index is 1.59. The number of para-hydroxylation sites is 1. The largest absolute Gasteiger partial charge is 0.496 e. The molecule has 4 rings (SSSR count). The number of H-pyrrole nitrogens is 1. The van der Waals surface area contributed by atoms with Gasteiger partial charge in [-0.25, -0.2) is 0 Å². The van der Waals surface area contributed by atoms with E-state index in [0.717, 1.165) is 24.3 Å². The number of rotatable bonds is 4. The number of ether oxygens (including phenoxy) is 1. The molecule has 2 N–H and O–H groups in total. The maximum Gasteiger partial charge on any atom is 0.259 e. The van der Waals surface area contributed by atoms with Gasteiger partial charge in [-0.2, -0.15) is 0 Å².